The van der Waals surface area contributed by atoms with Gasteiger partial charge in [-0.25, -0.2) is 4.79 Å². The lowest BCUT2D eigenvalue weighted by Crippen LogP contribution is -2.11. The minimum atomic E-state index is -0.608. The molecule has 0 unspecified atom stereocenters. The second-order valence-corrected chi connectivity index (χ2v) is 5.72. The van der Waals surface area contributed by atoms with Crippen molar-refractivity contribution in [3.63, 3.8) is 0 Å². The summed E-state index contributed by atoms with van der Waals surface area (Å²) >= 11 is 0. The number of amides is 2. The zero-order valence-electron chi connectivity index (χ0n) is 14.5. The van der Waals surface area contributed by atoms with Crippen molar-refractivity contribution in [1.29, 1.82) is 0 Å². The van der Waals surface area contributed by atoms with Crippen molar-refractivity contribution < 1.29 is 19.1 Å². The number of esters is 1. The zero-order chi connectivity index (χ0) is 19.4. The first-order valence-corrected chi connectivity index (χ1v) is 8.07. The Bertz CT molecular complexity index is 1070. The molecule has 27 heavy (non-hydrogen) atoms. The molecule has 0 bridgehead atoms. The molecular formula is C20H17N3O4. The lowest BCUT2D eigenvalue weighted by molar-refractivity contribution is -0.135. The van der Waals surface area contributed by atoms with Gasteiger partial charge in [0.1, 0.15) is 0 Å². The van der Waals surface area contributed by atoms with Gasteiger partial charge in [0.05, 0.1) is 18.2 Å². The first-order valence-electron chi connectivity index (χ1n) is 8.07. The number of carbonyl (C=O) groups is 3. The lowest BCUT2D eigenvalue weighted by atomic mass is 9.98. The first-order chi connectivity index (χ1) is 13.0. The maximum atomic E-state index is 11.9. The molecule has 3 aromatic rings. The number of aromatic amines is 1. The molecule has 0 aliphatic carbocycles. The van der Waals surface area contributed by atoms with E-state index in [0.717, 1.165) is 28.7 Å². The van der Waals surface area contributed by atoms with E-state index in [9.17, 15) is 14.4 Å². The van der Waals surface area contributed by atoms with Crippen molar-refractivity contribution in [2.75, 3.05) is 12.4 Å². The first kappa shape index (κ1) is 17.9. The van der Waals surface area contributed by atoms with Crippen LogP contribution in [0.1, 0.15) is 10.4 Å². The molecule has 0 fully saturated rings. The number of hydrogen-bond acceptors (Lipinski definition) is 4. The second-order valence-electron chi connectivity index (χ2n) is 5.72. The van der Waals surface area contributed by atoms with Crippen LogP contribution in [0.3, 0.4) is 0 Å². The molecule has 2 aromatic carbocycles. The van der Waals surface area contributed by atoms with Crippen LogP contribution < -0.4 is 11.1 Å². The molecule has 1 aromatic heterocycles. The van der Waals surface area contributed by atoms with Crippen LogP contribution in [-0.2, 0) is 14.3 Å². The van der Waals surface area contributed by atoms with Crippen molar-refractivity contribution in [2.24, 2.45) is 5.73 Å². The number of aromatic nitrogens is 1. The molecule has 4 N–H and O–H groups in total. The third-order valence-corrected chi connectivity index (χ3v) is 4.00. The molecule has 136 valence electrons. The number of methoxy groups -OCH3 is 1. The summed E-state index contributed by atoms with van der Waals surface area (Å²) < 4.78 is 4.45. The molecule has 1 heterocycles. The molecule has 0 spiro atoms. The highest BCUT2D eigenvalue weighted by Gasteiger charge is 2.12. The number of rotatable bonds is 5. The van der Waals surface area contributed by atoms with Crippen LogP contribution in [0.25, 0.3) is 22.0 Å². The third kappa shape index (κ3) is 3.87. The van der Waals surface area contributed by atoms with E-state index in [2.05, 4.69) is 15.0 Å². The van der Waals surface area contributed by atoms with E-state index in [4.69, 9.17) is 5.73 Å². The van der Waals surface area contributed by atoms with Crippen LogP contribution in [0.4, 0.5) is 5.69 Å². The summed E-state index contributed by atoms with van der Waals surface area (Å²) in [7, 11) is 1.24. The SMILES string of the molecule is COC(=O)/C=C\C(=O)Nc1cccc(-c2ccc(C(N)=O)c3[nH]ccc23)c1. The third-order valence-electron chi connectivity index (χ3n) is 4.00. The topological polar surface area (TPSA) is 114 Å². The summed E-state index contributed by atoms with van der Waals surface area (Å²) in [5, 5.41) is 3.54. The van der Waals surface area contributed by atoms with Crippen LogP contribution >= 0.6 is 0 Å². The van der Waals surface area contributed by atoms with Gasteiger partial charge in [-0.2, -0.15) is 0 Å². The van der Waals surface area contributed by atoms with Crippen molar-refractivity contribution in [2.45, 2.75) is 0 Å². The number of benzene rings is 2. The average molecular weight is 363 g/mol. The Labute approximate surface area is 154 Å². The fourth-order valence-electron chi connectivity index (χ4n) is 2.77. The van der Waals surface area contributed by atoms with Gasteiger partial charge < -0.3 is 20.8 Å². The Morgan fingerprint density at radius 3 is 2.67 bits per heavy atom. The molecule has 0 aliphatic rings. The summed E-state index contributed by atoms with van der Waals surface area (Å²) in [5.41, 5.74) is 8.80. The normalized spacial score (nSPS) is 10.9. The minimum absolute atomic E-state index is 0.413. The fraction of sp³-hybridized carbons (Fsp3) is 0.0500. The number of hydrogen-bond donors (Lipinski definition) is 3. The Kier molecular flexibility index (Phi) is 5.03. The Balaban J connectivity index is 1.91. The zero-order valence-corrected chi connectivity index (χ0v) is 14.5. The molecule has 0 saturated heterocycles. The molecule has 0 radical (unpaired) electrons. The van der Waals surface area contributed by atoms with Gasteiger partial charge in [-0.3, -0.25) is 9.59 Å². The van der Waals surface area contributed by atoms with Gasteiger partial charge in [-0.05, 0) is 35.4 Å². The number of ether oxygens (including phenoxy) is 1. The van der Waals surface area contributed by atoms with Crippen molar-refractivity contribution in [1.82, 2.24) is 4.98 Å². The summed E-state index contributed by atoms with van der Waals surface area (Å²) in [6.07, 6.45) is 3.89. The standard InChI is InChI=1S/C20H17N3O4/c1-27-18(25)8-7-17(24)23-13-4-2-3-12(11-13)14-5-6-16(20(21)26)19-15(14)9-10-22-19/h2-11,22H,1H3,(H2,21,26)(H,23,24)/b8-7-. The highest BCUT2D eigenvalue weighted by atomic mass is 16.5. The fourth-order valence-corrected chi connectivity index (χ4v) is 2.77. The quantitative estimate of drug-likeness (QED) is 0.477. The highest BCUT2D eigenvalue weighted by Crippen LogP contribution is 2.31. The van der Waals surface area contributed by atoms with Gasteiger partial charge >= 0.3 is 5.97 Å². The van der Waals surface area contributed by atoms with Crippen molar-refractivity contribution >= 4 is 34.4 Å². The van der Waals surface area contributed by atoms with Gasteiger partial charge in [0.2, 0.25) is 5.91 Å². The molecule has 0 saturated carbocycles. The summed E-state index contributed by atoms with van der Waals surface area (Å²) in [6, 6.07) is 12.6. The van der Waals surface area contributed by atoms with Crippen LogP contribution in [0.15, 0.2) is 60.8 Å². The Hall–Kier alpha value is -3.87. The summed E-state index contributed by atoms with van der Waals surface area (Å²) in [4.78, 5) is 37.6. The lowest BCUT2D eigenvalue weighted by Gasteiger charge is -2.09. The molecule has 7 heteroatoms. The average Bonchev–Trinajstić information content (AvgIpc) is 3.15. The van der Waals surface area contributed by atoms with Crippen molar-refractivity contribution in [3.05, 3.63) is 66.4 Å². The molecule has 0 aliphatic heterocycles. The monoisotopic (exact) mass is 363 g/mol. The van der Waals surface area contributed by atoms with Gasteiger partial charge in [-0.15, -0.1) is 0 Å². The van der Waals surface area contributed by atoms with E-state index in [1.54, 1.807) is 30.5 Å². The van der Waals surface area contributed by atoms with Gasteiger partial charge in [0.15, 0.2) is 0 Å². The van der Waals surface area contributed by atoms with Gasteiger partial charge in [0.25, 0.3) is 5.91 Å². The summed E-state index contributed by atoms with van der Waals surface area (Å²) in [6.45, 7) is 0. The molecule has 0 atom stereocenters. The van der Waals surface area contributed by atoms with Crippen LogP contribution in [0.2, 0.25) is 0 Å². The van der Waals surface area contributed by atoms with E-state index in [1.807, 2.05) is 18.2 Å². The van der Waals surface area contributed by atoms with E-state index in [1.165, 1.54) is 7.11 Å². The maximum absolute atomic E-state index is 11.9. The van der Waals surface area contributed by atoms with E-state index in [0.29, 0.717) is 16.8 Å². The minimum Gasteiger partial charge on any atom is -0.466 e. The number of nitrogens with two attached hydrogens (primary N) is 1. The number of nitrogens with one attached hydrogen (secondary N) is 2. The number of anilines is 1. The van der Waals surface area contributed by atoms with E-state index >= 15 is 0 Å². The molecule has 2 amide bonds. The smallest absolute Gasteiger partial charge is 0.330 e. The number of fused-ring (bicyclic) bond motifs is 1. The number of H-pyrrole nitrogens is 1. The number of primary amides is 1. The Morgan fingerprint density at radius 2 is 1.93 bits per heavy atom. The largest absolute Gasteiger partial charge is 0.466 e. The van der Waals surface area contributed by atoms with E-state index in [-0.39, 0.29) is 0 Å². The molecular weight excluding hydrogens is 346 g/mol. The predicted octanol–water partition coefficient (Wildman–Crippen LogP) is 2.60. The van der Waals surface area contributed by atoms with Gasteiger partial charge in [0, 0.05) is 29.4 Å². The maximum Gasteiger partial charge on any atom is 0.330 e. The molecule has 3 rings (SSSR count). The van der Waals surface area contributed by atoms with Crippen LogP contribution in [0, 0.1) is 0 Å². The van der Waals surface area contributed by atoms with Crippen molar-refractivity contribution in [3.8, 4) is 11.1 Å². The highest BCUT2D eigenvalue weighted by molar-refractivity contribution is 6.09. The van der Waals surface area contributed by atoms with Gasteiger partial charge in [-0.1, -0.05) is 18.2 Å². The molecule has 7 nitrogen and oxygen atoms in total. The predicted molar refractivity (Wildman–Crippen MR) is 102 cm³/mol. The summed E-state index contributed by atoms with van der Waals surface area (Å²) in [5.74, 6) is -1.57. The second kappa shape index (κ2) is 7.57. The van der Waals surface area contributed by atoms with Crippen LogP contribution in [-0.4, -0.2) is 29.9 Å². The Morgan fingerprint density at radius 1 is 1.11 bits per heavy atom. The van der Waals surface area contributed by atoms with Crippen LogP contribution in [0.5, 0.6) is 0 Å². The van der Waals surface area contributed by atoms with E-state index < -0.39 is 17.8 Å². The number of carbonyl (C=O) groups excluding carboxylic acids is 3.